The fourth-order valence-corrected chi connectivity index (χ4v) is 7.18. The molecule has 0 spiro atoms. The number of amides is 1. The van der Waals surface area contributed by atoms with Crippen LogP contribution >= 0.6 is 11.3 Å². The minimum atomic E-state index is -3.58. The number of benzene rings is 2. The molecule has 1 fully saturated rings. The Labute approximate surface area is 203 Å². The van der Waals surface area contributed by atoms with Crippen molar-refractivity contribution in [3.63, 3.8) is 0 Å². The average Bonchev–Trinajstić information content (AvgIpc) is 3.45. The maximum Gasteiger partial charge on any atom is 0.265 e. The number of nitrogens with zero attached hydrogens (tertiary/aromatic N) is 3. The fraction of sp³-hybridized carbons (Fsp3) is 0.360. The molecule has 1 saturated heterocycles. The number of hydrogen-bond donors (Lipinski definition) is 0. The Kier molecular flexibility index (Phi) is 6.26. The van der Waals surface area contributed by atoms with Crippen molar-refractivity contribution in [3.05, 3.63) is 80.6 Å². The summed E-state index contributed by atoms with van der Waals surface area (Å²) in [6.07, 6.45) is 3.55. The first-order valence-electron chi connectivity index (χ1n) is 11.4. The first kappa shape index (κ1) is 23.1. The molecular formula is C25H26FN3O3S2. The molecule has 3 aromatic rings. The van der Waals surface area contributed by atoms with Gasteiger partial charge in [-0.3, -0.25) is 4.79 Å². The SMILES string of the molecule is Cc1nc(Cc2ccc(F)cc2)sc1C(=O)N1CCN(S(=O)(=O)c2ccc3c(c2)CCC3)CC1. The number of carbonyl (C=O) groups excluding carboxylic acids is 1. The van der Waals surface area contributed by atoms with E-state index >= 15 is 0 Å². The van der Waals surface area contributed by atoms with E-state index in [2.05, 4.69) is 4.98 Å². The molecule has 34 heavy (non-hydrogen) atoms. The van der Waals surface area contributed by atoms with Crippen LogP contribution in [-0.4, -0.2) is 54.7 Å². The quantitative estimate of drug-likeness (QED) is 0.535. The molecule has 2 heterocycles. The Morgan fingerprint density at radius 3 is 2.47 bits per heavy atom. The van der Waals surface area contributed by atoms with E-state index < -0.39 is 10.0 Å². The van der Waals surface area contributed by atoms with Crippen molar-refractivity contribution in [2.75, 3.05) is 26.2 Å². The Hall–Kier alpha value is -2.62. The highest BCUT2D eigenvalue weighted by Gasteiger charge is 2.32. The lowest BCUT2D eigenvalue weighted by Crippen LogP contribution is -2.50. The first-order valence-corrected chi connectivity index (χ1v) is 13.7. The number of aromatic nitrogens is 1. The number of fused-ring (bicyclic) bond motifs is 1. The van der Waals surface area contributed by atoms with Crippen LogP contribution in [0.2, 0.25) is 0 Å². The molecular weight excluding hydrogens is 473 g/mol. The summed E-state index contributed by atoms with van der Waals surface area (Å²) < 4.78 is 41.0. The van der Waals surface area contributed by atoms with Crippen molar-refractivity contribution < 1.29 is 17.6 Å². The molecule has 0 N–H and O–H groups in total. The van der Waals surface area contributed by atoms with Gasteiger partial charge in [0.2, 0.25) is 10.0 Å². The number of rotatable bonds is 5. The van der Waals surface area contributed by atoms with Gasteiger partial charge in [0.1, 0.15) is 10.7 Å². The van der Waals surface area contributed by atoms with E-state index in [1.165, 1.54) is 33.3 Å². The van der Waals surface area contributed by atoms with Crippen LogP contribution < -0.4 is 0 Å². The van der Waals surface area contributed by atoms with Gasteiger partial charge in [-0.05, 0) is 67.1 Å². The van der Waals surface area contributed by atoms with E-state index in [1.807, 2.05) is 19.1 Å². The summed E-state index contributed by atoms with van der Waals surface area (Å²) in [7, 11) is -3.58. The first-order chi connectivity index (χ1) is 16.3. The maximum atomic E-state index is 13.2. The summed E-state index contributed by atoms with van der Waals surface area (Å²) in [6, 6.07) is 11.7. The second kappa shape index (κ2) is 9.20. The third-order valence-corrected chi connectivity index (χ3v) is 9.58. The lowest BCUT2D eigenvalue weighted by Gasteiger charge is -2.34. The molecule has 9 heteroatoms. The van der Waals surface area contributed by atoms with Crippen molar-refractivity contribution in [1.29, 1.82) is 0 Å². The van der Waals surface area contributed by atoms with Crippen molar-refractivity contribution >= 4 is 27.3 Å². The van der Waals surface area contributed by atoms with E-state index in [0.29, 0.717) is 35.0 Å². The molecule has 0 atom stereocenters. The van der Waals surface area contributed by atoms with Gasteiger partial charge in [-0.2, -0.15) is 4.31 Å². The van der Waals surface area contributed by atoms with Gasteiger partial charge >= 0.3 is 0 Å². The van der Waals surface area contributed by atoms with E-state index in [0.717, 1.165) is 35.4 Å². The molecule has 5 rings (SSSR count). The highest BCUT2D eigenvalue weighted by atomic mass is 32.2. The van der Waals surface area contributed by atoms with Gasteiger partial charge in [-0.25, -0.2) is 17.8 Å². The van der Waals surface area contributed by atoms with Crippen molar-refractivity contribution in [2.24, 2.45) is 0 Å². The van der Waals surface area contributed by atoms with Crippen LogP contribution in [0.5, 0.6) is 0 Å². The standard InChI is InChI=1S/C25H26FN3O3S2/c1-17-24(33-23(27-17)15-18-5-8-21(26)9-6-18)25(30)28-11-13-29(14-12-28)34(31,32)22-10-7-19-3-2-4-20(19)16-22/h5-10,16H,2-4,11-15H2,1H3. The summed E-state index contributed by atoms with van der Waals surface area (Å²) in [6.45, 7) is 3.03. The van der Waals surface area contributed by atoms with Gasteiger partial charge in [0, 0.05) is 32.6 Å². The molecule has 0 bridgehead atoms. The minimum Gasteiger partial charge on any atom is -0.335 e. The Bertz CT molecular complexity index is 1330. The van der Waals surface area contributed by atoms with Crippen molar-refractivity contribution in [2.45, 2.75) is 37.5 Å². The van der Waals surface area contributed by atoms with Crippen LogP contribution in [0.3, 0.4) is 0 Å². The summed E-state index contributed by atoms with van der Waals surface area (Å²) in [5.41, 5.74) is 3.97. The van der Waals surface area contributed by atoms with Crippen LogP contribution in [0.1, 0.15) is 43.5 Å². The van der Waals surface area contributed by atoms with Crippen LogP contribution in [0.25, 0.3) is 0 Å². The molecule has 178 valence electrons. The van der Waals surface area contributed by atoms with E-state index in [-0.39, 0.29) is 24.8 Å². The number of aryl methyl sites for hydroxylation is 3. The molecule has 1 aromatic heterocycles. The van der Waals surface area contributed by atoms with Crippen LogP contribution in [-0.2, 0) is 29.3 Å². The van der Waals surface area contributed by atoms with Gasteiger partial charge in [0.25, 0.3) is 5.91 Å². The number of halogens is 1. The number of sulfonamides is 1. The van der Waals surface area contributed by atoms with Crippen LogP contribution in [0.15, 0.2) is 47.4 Å². The van der Waals surface area contributed by atoms with Crippen molar-refractivity contribution in [3.8, 4) is 0 Å². The normalized spacial score (nSPS) is 16.6. The lowest BCUT2D eigenvalue weighted by molar-refractivity contribution is 0.0702. The smallest absolute Gasteiger partial charge is 0.265 e. The second-order valence-electron chi connectivity index (χ2n) is 8.81. The van der Waals surface area contributed by atoms with Gasteiger partial charge in [0.15, 0.2) is 0 Å². The summed E-state index contributed by atoms with van der Waals surface area (Å²) in [4.78, 5) is 20.3. The maximum absolute atomic E-state index is 13.2. The number of hydrogen-bond acceptors (Lipinski definition) is 5. The molecule has 1 amide bonds. The fourth-order valence-electron chi connectivity index (χ4n) is 4.64. The highest BCUT2D eigenvalue weighted by molar-refractivity contribution is 7.89. The molecule has 1 aliphatic carbocycles. The lowest BCUT2D eigenvalue weighted by atomic mass is 10.1. The van der Waals surface area contributed by atoms with E-state index in [9.17, 15) is 17.6 Å². The summed E-state index contributed by atoms with van der Waals surface area (Å²) in [5, 5.41) is 0.797. The molecule has 2 aromatic carbocycles. The third kappa shape index (κ3) is 4.52. The minimum absolute atomic E-state index is 0.116. The Morgan fingerprint density at radius 1 is 1.03 bits per heavy atom. The average molecular weight is 500 g/mol. The molecule has 0 unspecified atom stereocenters. The molecule has 2 aliphatic rings. The Balaban J connectivity index is 1.24. The topological polar surface area (TPSA) is 70.6 Å². The molecule has 1 aliphatic heterocycles. The van der Waals surface area contributed by atoms with Gasteiger partial charge in [-0.1, -0.05) is 18.2 Å². The summed E-state index contributed by atoms with van der Waals surface area (Å²) >= 11 is 1.35. The van der Waals surface area contributed by atoms with Gasteiger partial charge in [0.05, 0.1) is 15.6 Å². The zero-order chi connectivity index (χ0) is 23.9. The third-order valence-electron chi connectivity index (χ3n) is 6.54. The van der Waals surface area contributed by atoms with Crippen LogP contribution in [0, 0.1) is 12.7 Å². The van der Waals surface area contributed by atoms with E-state index in [1.54, 1.807) is 23.1 Å². The number of piperazine rings is 1. The zero-order valence-electron chi connectivity index (χ0n) is 19.0. The second-order valence-corrected chi connectivity index (χ2v) is 11.8. The predicted octanol–water partition coefficient (Wildman–Crippen LogP) is 3.82. The molecule has 0 saturated carbocycles. The molecule has 0 radical (unpaired) electrons. The van der Waals surface area contributed by atoms with Crippen LogP contribution in [0.4, 0.5) is 4.39 Å². The van der Waals surface area contributed by atoms with Gasteiger partial charge < -0.3 is 4.90 Å². The largest absolute Gasteiger partial charge is 0.335 e. The number of carbonyl (C=O) groups is 1. The summed E-state index contributed by atoms with van der Waals surface area (Å²) in [5.74, 6) is -0.401. The highest BCUT2D eigenvalue weighted by Crippen LogP contribution is 2.28. The van der Waals surface area contributed by atoms with Crippen molar-refractivity contribution in [1.82, 2.24) is 14.2 Å². The predicted molar refractivity (Wildman–Crippen MR) is 129 cm³/mol. The molecule has 6 nitrogen and oxygen atoms in total. The zero-order valence-corrected chi connectivity index (χ0v) is 20.6. The van der Waals surface area contributed by atoms with E-state index in [4.69, 9.17) is 0 Å². The monoisotopic (exact) mass is 499 g/mol. The Morgan fingerprint density at radius 2 is 1.74 bits per heavy atom. The number of thiazole rings is 1. The van der Waals surface area contributed by atoms with Gasteiger partial charge in [-0.15, -0.1) is 11.3 Å².